The van der Waals surface area contributed by atoms with Crippen LogP contribution in [-0.2, 0) is 11.3 Å². The van der Waals surface area contributed by atoms with E-state index in [1.807, 2.05) is 23.1 Å². The maximum absolute atomic E-state index is 12.9. The molecule has 1 fully saturated rings. The van der Waals surface area contributed by atoms with Crippen molar-refractivity contribution < 1.29 is 13.9 Å². The molecule has 0 N–H and O–H groups in total. The van der Waals surface area contributed by atoms with E-state index < -0.39 is 0 Å². The van der Waals surface area contributed by atoms with Crippen molar-refractivity contribution in [1.82, 2.24) is 0 Å². The van der Waals surface area contributed by atoms with Crippen LogP contribution in [0.3, 0.4) is 0 Å². The highest BCUT2D eigenvalue weighted by Gasteiger charge is 2.32. The Bertz CT molecular complexity index is 736. The Morgan fingerprint density at radius 3 is 2.71 bits per heavy atom. The maximum atomic E-state index is 12.9. The third-order valence-corrected chi connectivity index (χ3v) is 4.69. The van der Waals surface area contributed by atoms with Gasteiger partial charge in [-0.1, -0.05) is 12.1 Å². The summed E-state index contributed by atoms with van der Waals surface area (Å²) in [6.45, 7) is 3.02. The predicted octanol–water partition coefficient (Wildman–Crippen LogP) is 3.30. The molecule has 2 aliphatic rings. The second-order valence-corrected chi connectivity index (χ2v) is 6.53. The first kappa shape index (κ1) is 15.3. The number of nitrogens with zero attached hydrogens (tertiary/aromatic N) is 2. The molecule has 0 bridgehead atoms. The van der Waals surface area contributed by atoms with Crippen LogP contribution in [0, 0.1) is 5.92 Å². The van der Waals surface area contributed by atoms with Gasteiger partial charge in [0.05, 0.1) is 11.4 Å². The van der Waals surface area contributed by atoms with E-state index in [4.69, 9.17) is 9.15 Å². The van der Waals surface area contributed by atoms with Gasteiger partial charge in [-0.05, 0) is 43.0 Å². The van der Waals surface area contributed by atoms with Crippen molar-refractivity contribution in [3.63, 3.8) is 0 Å². The van der Waals surface area contributed by atoms with E-state index in [2.05, 4.69) is 11.0 Å². The Kier molecular flexibility index (Phi) is 4.02. The molecule has 5 nitrogen and oxygen atoms in total. The molecule has 0 atom stereocenters. The van der Waals surface area contributed by atoms with Crippen LogP contribution in [0.25, 0.3) is 0 Å². The standard InChI is InChI=1S/C19H22N2O3/c1-23-13-15-8-9-18(24-15)19(22)21-11-10-20(12-14-6-7-14)16-4-2-3-5-17(16)21/h2-5,8-9,14H,6-7,10-13H2,1H3. The Morgan fingerprint density at radius 2 is 1.96 bits per heavy atom. The van der Waals surface area contributed by atoms with E-state index in [9.17, 15) is 4.79 Å². The highest BCUT2D eigenvalue weighted by atomic mass is 16.5. The zero-order chi connectivity index (χ0) is 16.5. The van der Waals surface area contributed by atoms with Gasteiger partial charge in [-0.2, -0.15) is 0 Å². The van der Waals surface area contributed by atoms with Crippen LogP contribution < -0.4 is 9.80 Å². The first-order valence-corrected chi connectivity index (χ1v) is 8.50. The van der Waals surface area contributed by atoms with Gasteiger partial charge >= 0.3 is 0 Å². The molecule has 1 aromatic heterocycles. The normalized spacial score (nSPS) is 17.0. The molecular formula is C19H22N2O3. The molecule has 1 aromatic carbocycles. The molecule has 2 aromatic rings. The minimum Gasteiger partial charge on any atom is -0.453 e. The average molecular weight is 326 g/mol. The zero-order valence-electron chi connectivity index (χ0n) is 13.9. The summed E-state index contributed by atoms with van der Waals surface area (Å²) >= 11 is 0. The summed E-state index contributed by atoms with van der Waals surface area (Å²) < 4.78 is 10.7. The molecule has 24 heavy (non-hydrogen) atoms. The van der Waals surface area contributed by atoms with E-state index in [0.717, 1.165) is 30.4 Å². The summed E-state index contributed by atoms with van der Waals surface area (Å²) in [5, 5.41) is 0. The van der Waals surface area contributed by atoms with Gasteiger partial charge in [-0.3, -0.25) is 4.79 Å². The second kappa shape index (κ2) is 6.32. The number of methoxy groups -OCH3 is 1. The lowest BCUT2D eigenvalue weighted by molar-refractivity contribution is 0.0951. The minimum absolute atomic E-state index is 0.0872. The third-order valence-electron chi connectivity index (χ3n) is 4.69. The van der Waals surface area contributed by atoms with Crippen LogP contribution in [0.1, 0.15) is 29.2 Å². The topological polar surface area (TPSA) is 45.9 Å². The van der Waals surface area contributed by atoms with Gasteiger partial charge in [0.15, 0.2) is 5.76 Å². The molecule has 1 amide bonds. The molecule has 126 valence electrons. The number of carbonyl (C=O) groups is 1. The van der Waals surface area contributed by atoms with Gasteiger partial charge in [0.25, 0.3) is 5.91 Å². The molecule has 1 aliphatic carbocycles. The van der Waals surface area contributed by atoms with E-state index in [1.54, 1.807) is 19.2 Å². The fourth-order valence-corrected chi connectivity index (χ4v) is 3.28. The summed E-state index contributed by atoms with van der Waals surface area (Å²) in [5.41, 5.74) is 2.12. The lowest BCUT2D eigenvalue weighted by Gasteiger charge is -2.37. The molecule has 0 saturated heterocycles. The second-order valence-electron chi connectivity index (χ2n) is 6.53. The van der Waals surface area contributed by atoms with Crippen LogP contribution in [0.4, 0.5) is 11.4 Å². The number of anilines is 2. The van der Waals surface area contributed by atoms with Crippen LogP contribution >= 0.6 is 0 Å². The van der Waals surface area contributed by atoms with Crippen molar-refractivity contribution in [2.75, 3.05) is 36.5 Å². The number of amides is 1. The average Bonchev–Trinajstić information content (AvgIpc) is 3.30. The molecule has 0 spiro atoms. The maximum Gasteiger partial charge on any atom is 0.294 e. The van der Waals surface area contributed by atoms with Gasteiger partial charge in [0.1, 0.15) is 12.4 Å². The van der Waals surface area contributed by atoms with Crippen molar-refractivity contribution in [3.05, 3.63) is 47.9 Å². The van der Waals surface area contributed by atoms with Crippen molar-refractivity contribution >= 4 is 17.3 Å². The number of ether oxygens (including phenoxy) is 1. The molecule has 0 radical (unpaired) electrons. The van der Waals surface area contributed by atoms with Crippen LogP contribution in [-0.4, -0.2) is 32.7 Å². The predicted molar refractivity (Wildman–Crippen MR) is 92.5 cm³/mol. The number of hydrogen-bond donors (Lipinski definition) is 0. The van der Waals surface area contributed by atoms with Gasteiger partial charge in [-0.25, -0.2) is 0 Å². The van der Waals surface area contributed by atoms with Crippen LogP contribution in [0.2, 0.25) is 0 Å². The van der Waals surface area contributed by atoms with Crippen molar-refractivity contribution in [2.45, 2.75) is 19.4 Å². The van der Waals surface area contributed by atoms with Gasteiger partial charge < -0.3 is 19.0 Å². The van der Waals surface area contributed by atoms with Crippen molar-refractivity contribution in [1.29, 1.82) is 0 Å². The first-order chi connectivity index (χ1) is 11.8. The minimum atomic E-state index is -0.0872. The highest BCUT2D eigenvalue weighted by molar-refractivity contribution is 6.06. The van der Waals surface area contributed by atoms with Gasteiger partial charge in [0.2, 0.25) is 0 Å². The third kappa shape index (κ3) is 2.91. The Hall–Kier alpha value is -2.27. The Labute approximate surface area is 141 Å². The monoisotopic (exact) mass is 326 g/mol. The molecule has 4 rings (SSSR count). The van der Waals surface area contributed by atoms with Gasteiger partial charge in [0, 0.05) is 26.7 Å². The molecule has 1 saturated carbocycles. The number of para-hydroxylation sites is 2. The number of rotatable bonds is 5. The van der Waals surface area contributed by atoms with E-state index in [-0.39, 0.29) is 5.91 Å². The summed E-state index contributed by atoms with van der Waals surface area (Å²) in [5.74, 6) is 1.77. The number of fused-ring (bicyclic) bond motifs is 1. The Morgan fingerprint density at radius 1 is 1.17 bits per heavy atom. The van der Waals surface area contributed by atoms with Crippen molar-refractivity contribution in [2.24, 2.45) is 5.92 Å². The highest BCUT2D eigenvalue weighted by Crippen LogP contribution is 2.37. The lowest BCUT2D eigenvalue weighted by Crippen LogP contribution is -2.44. The molecule has 0 unspecified atom stereocenters. The molecule has 5 heteroatoms. The number of benzene rings is 1. The van der Waals surface area contributed by atoms with Crippen molar-refractivity contribution in [3.8, 4) is 0 Å². The van der Waals surface area contributed by atoms with Crippen LogP contribution in [0.15, 0.2) is 40.8 Å². The smallest absolute Gasteiger partial charge is 0.294 e. The number of carbonyl (C=O) groups excluding carboxylic acids is 1. The SMILES string of the molecule is COCc1ccc(C(=O)N2CCN(CC3CC3)c3ccccc32)o1. The number of furan rings is 1. The zero-order valence-corrected chi connectivity index (χ0v) is 13.9. The fraction of sp³-hybridized carbons (Fsp3) is 0.421. The van der Waals surface area contributed by atoms with E-state index >= 15 is 0 Å². The first-order valence-electron chi connectivity index (χ1n) is 8.50. The largest absolute Gasteiger partial charge is 0.453 e. The molecule has 2 heterocycles. The fourth-order valence-electron chi connectivity index (χ4n) is 3.28. The van der Waals surface area contributed by atoms with E-state index in [0.29, 0.717) is 24.7 Å². The van der Waals surface area contributed by atoms with Crippen LogP contribution in [0.5, 0.6) is 0 Å². The summed E-state index contributed by atoms with van der Waals surface area (Å²) in [6.07, 6.45) is 2.66. The summed E-state index contributed by atoms with van der Waals surface area (Å²) in [4.78, 5) is 17.1. The summed E-state index contributed by atoms with van der Waals surface area (Å²) in [6, 6.07) is 11.7. The molecule has 1 aliphatic heterocycles. The Balaban J connectivity index is 1.59. The summed E-state index contributed by atoms with van der Waals surface area (Å²) in [7, 11) is 1.61. The van der Waals surface area contributed by atoms with Gasteiger partial charge in [-0.15, -0.1) is 0 Å². The lowest BCUT2D eigenvalue weighted by atomic mass is 10.1. The number of hydrogen-bond acceptors (Lipinski definition) is 4. The molecular weight excluding hydrogens is 304 g/mol. The van der Waals surface area contributed by atoms with E-state index in [1.165, 1.54) is 12.8 Å². The quantitative estimate of drug-likeness (QED) is 0.846.